The summed E-state index contributed by atoms with van der Waals surface area (Å²) in [5.74, 6) is 1.38. The zero-order valence-corrected chi connectivity index (χ0v) is 13.8. The number of guanidine groups is 1. The van der Waals surface area contributed by atoms with Crippen LogP contribution in [0.15, 0.2) is 47.5 Å². The monoisotopic (exact) mass is 351 g/mol. The fraction of sp³-hybridized carbons (Fsp3) is 0.235. The third kappa shape index (κ3) is 5.52. The number of rotatable bonds is 7. The number of benzene rings is 2. The van der Waals surface area contributed by atoms with Crippen molar-refractivity contribution >= 4 is 11.6 Å². The van der Waals surface area contributed by atoms with Crippen LogP contribution in [0.2, 0.25) is 0 Å². The van der Waals surface area contributed by atoms with Crippen molar-refractivity contribution in [1.82, 2.24) is 0 Å². The van der Waals surface area contributed by atoms with E-state index in [-0.39, 0.29) is 18.3 Å². The second-order valence-electron chi connectivity index (χ2n) is 4.91. The number of aliphatic imine (C=N–C) groups is 1. The number of hydrogen-bond donors (Lipinski definition) is 2. The number of ether oxygens (including phenoxy) is 3. The van der Waals surface area contributed by atoms with E-state index < -0.39 is 6.61 Å². The minimum absolute atomic E-state index is 0.0248. The molecular formula is C17H19F2N3O3. The summed E-state index contributed by atoms with van der Waals surface area (Å²) in [6.07, 6.45) is 0. The molecule has 2 aromatic rings. The van der Waals surface area contributed by atoms with E-state index in [9.17, 15) is 8.78 Å². The molecule has 0 unspecified atom stereocenters. The highest BCUT2D eigenvalue weighted by molar-refractivity contribution is 5.92. The van der Waals surface area contributed by atoms with Crippen LogP contribution in [-0.4, -0.2) is 26.8 Å². The van der Waals surface area contributed by atoms with Crippen LogP contribution in [0.3, 0.4) is 0 Å². The number of alkyl halides is 2. The zero-order valence-electron chi connectivity index (χ0n) is 13.8. The molecule has 0 radical (unpaired) electrons. The van der Waals surface area contributed by atoms with E-state index in [1.165, 1.54) is 19.2 Å². The lowest BCUT2D eigenvalue weighted by atomic mass is 10.2. The zero-order chi connectivity index (χ0) is 18.2. The Morgan fingerprint density at radius 3 is 2.32 bits per heavy atom. The molecule has 0 bridgehead atoms. The van der Waals surface area contributed by atoms with Gasteiger partial charge >= 0.3 is 6.61 Å². The van der Waals surface area contributed by atoms with E-state index in [1.54, 1.807) is 37.4 Å². The van der Waals surface area contributed by atoms with Crippen molar-refractivity contribution in [2.24, 2.45) is 10.7 Å². The Hall–Kier alpha value is -3.03. The fourth-order valence-corrected chi connectivity index (χ4v) is 2.05. The highest BCUT2D eigenvalue weighted by atomic mass is 19.3. The average Bonchev–Trinajstić information content (AvgIpc) is 2.61. The van der Waals surface area contributed by atoms with Gasteiger partial charge in [0.25, 0.3) is 0 Å². The van der Waals surface area contributed by atoms with Crippen molar-refractivity contribution in [1.29, 1.82) is 0 Å². The molecule has 0 aliphatic carbocycles. The Morgan fingerprint density at radius 2 is 1.72 bits per heavy atom. The Labute approximate surface area is 144 Å². The van der Waals surface area contributed by atoms with Gasteiger partial charge in [0.1, 0.15) is 17.2 Å². The maximum Gasteiger partial charge on any atom is 0.387 e. The molecule has 0 spiro atoms. The van der Waals surface area contributed by atoms with Crippen molar-refractivity contribution in [3.63, 3.8) is 0 Å². The van der Waals surface area contributed by atoms with E-state index in [1.807, 2.05) is 0 Å². The number of nitrogens with zero attached hydrogens (tertiary/aromatic N) is 1. The highest BCUT2D eigenvalue weighted by Gasteiger charge is 2.11. The van der Waals surface area contributed by atoms with E-state index in [0.717, 1.165) is 5.69 Å². The van der Waals surface area contributed by atoms with Crippen molar-refractivity contribution < 1.29 is 23.0 Å². The molecule has 0 heterocycles. The molecule has 0 saturated heterocycles. The molecule has 0 atom stereocenters. The van der Waals surface area contributed by atoms with Crippen LogP contribution >= 0.6 is 0 Å². The second kappa shape index (κ2) is 8.72. The Balaban J connectivity index is 2.10. The van der Waals surface area contributed by atoms with Crippen LogP contribution in [-0.2, 0) is 6.54 Å². The molecule has 0 aliphatic heterocycles. The van der Waals surface area contributed by atoms with E-state index >= 15 is 0 Å². The van der Waals surface area contributed by atoms with Crippen molar-refractivity contribution in [3.8, 4) is 17.2 Å². The first-order valence-electron chi connectivity index (χ1n) is 7.34. The summed E-state index contributed by atoms with van der Waals surface area (Å²) in [6.45, 7) is -2.88. The highest BCUT2D eigenvalue weighted by Crippen LogP contribution is 2.26. The summed E-state index contributed by atoms with van der Waals surface area (Å²) in [4.78, 5) is 4.15. The quantitative estimate of drug-likeness (QED) is 0.591. The predicted molar refractivity (Wildman–Crippen MR) is 91.6 cm³/mol. The third-order valence-corrected chi connectivity index (χ3v) is 3.27. The topological polar surface area (TPSA) is 78.1 Å². The summed E-state index contributed by atoms with van der Waals surface area (Å²) in [5.41, 5.74) is 6.98. The van der Waals surface area contributed by atoms with Gasteiger partial charge in [0.2, 0.25) is 0 Å². The lowest BCUT2D eigenvalue weighted by Crippen LogP contribution is -2.22. The van der Waals surface area contributed by atoms with Crippen LogP contribution in [0, 0.1) is 0 Å². The number of halogens is 2. The van der Waals surface area contributed by atoms with E-state index in [4.69, 9.17) is 15.2 Å². The first kappa shape index (κ1) is 18.3. The Kier molecular flexibility index (Phi) is 6.39. The molecule has 8 heteroatoms. The van der Waals surface area contributed by atoms with Gasteiger partial charge in [0, 0.05) is 11.3 Å². The molecule has 0 saturated carbocycles. The molecular weight excluding hydrogens is 332 g/mol. The van der Waals surface area contributed by atoms with Gasteiger partial charge in [-0.2, -0.15) is 8.78 Å². The standard InChI is InChI=1S/C17H19F2N3O3/c1-23-13-5-3-12(4-6-13)22-17(20)21-10-11-9-14(24-2)7-8-15(11)25-16(18)19/h3-9,16H,10H2,1-2H3,(H3,20,21,22). The Morgan fingerprint density at radius 1 is 1.08 bits per heavy atom. The number of hydrogen-bond acceptors (Lipinski definition) is 4. The van der Waals surface area contributed by atoms with Gasteiger partial charge in [-0.25, -0.2) is 4.99 Å². The molecule has 2 rings (SSSR count). The van der Waals surface area contributed by atoms with Crippen LogP contribution < -0.4 is 25.3 Å². The summed E-state index contributed by atoms with van der Waals surface area (Å²) >= 11 is 0. The minimum Gasteiger partial charge on any atom is -0.497 e. The average molecular weight is 351 g/mol. The molecule has 6 nitrogen and oxygen atoms in total. The van der Waals surface area contributed by atoms with Crippen LogP contribution in [0.25, 0.3) is 0 Å². The number of methoxy groups -OCH3 is 2. The summed E-state index contributed by atoms with van der Waals surface area (Å²) in [6, 6.07) is 11.6. The van der Waals surface area contributed by atoms with Gasteiger partial charge in [-0.05, 0) is 42.5 Å². The maximum absolute atomic E-state index is 12.5. The lowest BCUT2D eigenvalue weighted by molar-refractivity contribution is -0.0504. The first-order chi connectivity index (χ1) is 12.0. The van der Waals surface area contributed by atoms with Crippen LogP contribution in [0.5, 0.6) is 17.2 Å². The van der Waals surface area contributed by atoms with Crippen molar-refractivity contribution in [2.75, 3.05) is 19.5 Å². The summed E-state index contributed by atoms with van der Waals surface area (Å²) < 4.78 is 39.6. The molecule has 0 aromatic heterocycles. The molecule has 3 N–H and O–H groups in total. The SMILES string of the molecule is COc1ccc(NC(N)=NCc2cc(OC)ccc2OC(F)F)cc1. The minimum atomic E-state index is -2.93. The van der Waals surface area contributed by atoms with Gasteiger partial charge in [0.15, 0.2) is 5.96 Å². The lowest BCUT2D eigenvalue weighted by Gasteiger charge is -2.11. The molecule has 2 aromatic carbocycles. The van der Waals surface area contributed by atoms with Gasteiger partial charge in [-0.15, -0.1) is 0 Å². The second-order valence-corrected chi connectivity index (χ2v) is 4.91. The largest absolute Gasteiger partial charge is 0.497 e. The van der Waals surface area contributed by atoms with E-state index in [0.29, 0.717) is 17.1 Å². The Bertz CT molecular complexity index is 722. The summed E-state index contributed by atoms with van der Waals surface area (Å²) in [7, 11) is 3.06. The van der Waals surface area contributed by atoms with Crippen molar-refractivity contribution in [3.05, 3.63) is 48.0 Å². The molecule has 134 valence electrons. The normalized spacial score (nSPS) is 11.3. The summed E-state index contributed by atoms with van der Waals surface area (Å²) in [5, 5.41) is 2.90. The molecule has 0 aliphatic rings. The van der Waals surface area contributed by atoms with E-state index in [2.05, 4.69) is 15.0 Å². The van der Waals surface area contributed by atoms with Crippen LogP contribution in [0.1, 0.15) is 5.56 Å². The molecule has 0 amide bonds. The first-order valence-corrected chi connectivity index (χ1v) is 7.34. The van der Waals surface area contributed by atoms with Gasteiger partial charge in [-0.3, -0.25) is 0 Å². The predicted octanol–water partition coefficient (Wildman–Crippen LogP) is 3.23. The van der Waals surface area contributed by atoms with Gasteiger partial charge < -0.3 is 25.3 Å². The molecule has 25 heavy (non-hydrogen) atoms. The smallest absolute Gasteiger partial charge is 0.387 e. The number of nitrogens with two attached hydrogens (primary N) is 1. The third-order valence-electron chi connectivity index (χ3n) is 3.27. The van der Waals surface area contributed by atoms with Gasteiger partial charge in [-0.1, -0.05) is 0 Å². The number of anilines is 1. The maximum atomic E-state index is 12.5. The number of nitrogens with one attached hydrogen (secondary N) is 1. The van der Waals surface area contributed by atoms with Crippen molar-refractivity contribution in [2.45, 2.75) is 13.2 Å². The fourth-order valence-electron chi connectivity index (χ4n) is 2.05. The van der Waals surface area contributed by atoms with Crippen LogP contribution in [0.4, 0.5) is 14.5 Å². The van der Waals surface area contributed by atoms with Gasteiger partial charge in [0.05, 0.1) is 20.8 Å². The molecule has 0 fully saturated rings.